The average Bonchev–Trinajstić information content (AvgIpc) is 2.45. The van der Waals surface area contributed by atoms with Gasteiger partial charge in [0, 0.05) is 24.7 Å². The van der Waals surface area contributed by atoms with Gasteiger partial charge in [-0.25, -0.2) is 0 Å². The number of benzene rings is 1. The van der Waals surface area contributed by atoms with Gasteiger partial charge in [-0.1, -0.05) is 18.5 Å². The van der Waals surface area contributed by atoms with E-state index in [1.807, 2.05) is 12.1 Å². The quantitative estimate of drug-likeness (QED) is 0.844. The zero-order chi connectivity index (χ0) is 13.7. The predicted octanol–water partition coefficient (Wildman–Crippen LogP) is 3.61. The second-order valence-electron chi connectivity index (χ2n) is 4.85. The van der Waals surface area contributed by atoms with Gasteiger partial charge in [-0.3, -0.25) is 0 Å². The minimum atomic E-state index is 0.274. The van der Waals surface area contributed by atoms with E-state index in [1.54, 1.807) is 6.07 Å². The predicted molar refractivity (Wildman–Crippen MR) is 77.6 cm³/mol. The van der Waals surface area contributed by atoms with E-state index in [-0.39, 0.29) is 6.10 Å². The molecule has 1 heterocycles. The number of hydrogen-bond donors (Lipinski definition) is 0. The highest BCUT2D eigenvalue weighted by molar-refractivity contribution is 6.30. The van der Waals surface area contributed by atoms with Crippen LogP contribution in [0.4, 0.5) is 5.69 Å². The van der Waals surface area contributed by atoms with Crippen molar-refractivity contribution in [2.45, 2.75) is 32.3 Å². The summed E-state index contributed by atoms with van der Waals surface area (Å²) in [6, 6.07) is 7.73. The summed E-state index contributed by atoms with van der Waals surface area (Å²) in [5, 5.41) is 9.82. The molecule has 0 aromatic heterocycles. The van der Waals surface area contributed by atoms with Gasteiger partial charge in [0.05, 0.1) is 17.4 Å². The Balaban J connectivity index is 2.11. The molecule has 0 aliphatic carbocycles. The summed E-state index contributed by atoms with van der Waals surface area (Å²) in [4.78, 5) is 2.23. The standard InChI is InChI=1S/C15H19ClN2O/c1-2-8-19-14-4-3-7-18(11-14)15-6-5-13(16)9-12(15)10-17/h5-6,9,14H,2-4,7-8,11H2,1H3. The van der Waals surface area contributed by atoms with Crippen molar-refractivity contribution >= 4 is 17.3 Å². The lowest BCUT2D eigenvalue weighted by Crippen LogP contribution is -2.40. The molecule has 1 atom stereocenters. The van der Waals surface area contributed by atoms with Crippen molar-refractivity contribution in [1.29, 1.82) is 5.26 Å². The lowest BCUT2D eigenvalue weighted by Gasteiger charge is -2.34. The molecule has 0 radical (unpaired) electrons. The Morgan fingerprint density at radius 1 is 1.53 bits per heavy atom. The Kier molecular flexibility index (Phi) is 5.07. The molecule has 1 aliphatic rings. The fraction of sp³-hybridized carbons (Fsp3) is 0.533. The van der Waals surface area contributed by atoms with Gasteiger partial charge in [0.2, 0.25) is 0 Å². The van der Waals surface area contributed by atoms with Crippen LogP contribution in [0.2, 0.25) is 5.02 Å². The van der Waals surface area contributed by atoms with Gasteiger partial charge >= 0.3 is 0 Å². The number of hydrogen-bond acceptors (Lipinski definition) is 3. The van der Waals surface area contributed by atoms with Crippen molar-refractivity contribution in [1.82, 2.24) is 0 Å². The van der Waals surface area contributed by atoms with Gasteiger partial charge in [-0.2, -0.15) is 5.26 Å². The Morgan fingerprint density at radius 2 is 2.37 bits per heavy atom. The van der Waals surface area contributed by atoms with E-state index >= 15 is 0 Å². The maximum Gasteiger partial charge on any atom is 0.101 e. The third kappa shape index (κ3) is 3.62. The third-order valence-corrected chi connectivity index (χ3v) is 3.59. The normalized spacial score (nSPS) is 19.2. The van der Waals surface area contributed by atoms with Crippen LogP contribution in [-0.4, -0.2) is 25.8 Å². The first-order valence-electron chi connectivity index (χ1n) is 6.80. The summed E-state index contributed by atoms with van der Waals surface area (Å²) in [5.41, 5.74) is 1.61. The number of rotatable bonds is 4. The van der Waals surface area contributed by atoms with Crippen molar-refractivity contribution in [2.24, 2.45) is 0 Å². The van der Waals surface area contributed by atoms with E-state index in [1.165, 1.54) is 0 Å². The van der Waals surface area contributed by atoms with Crippen LogP contribution in [0.5, 0.6) is 0 Å². The maximum absolute atomic E-state index is 9.21. The van der Waals surface area contributed by atoms with Crippen LogP contribution < -0.4 is 4.90 Å². The average molecular weight is 279 g/mol. The minimum Gasteiger partial charge on any atom is -0.376 e. The number of halogens is 1. The van der Waals surface area contributed by atoms with Crippen LogP contribution >= 0.6 is 11.6 Å². The van der Waals surface area contributed by atoms with E-state index in [0.29, 0.717) is 10.6 Å². The van der Waals surface area contributed by atoms with Crippen LogP contribution in [0.3, 0.4) is 0 Å². The molecular formula is C15H19ClN2O. The molecule has 0 amide bonds. The number of piperidine rings is 1. The van der Waals surface area contributed by atoms with Crippen LogP contribution in [0, 0.1) is 11.3 Å². The van der Waals surface area contributed by atoms with Gasteiger partial charge in [0.25, 0.3) is 0 Å². The number of nitriles is 1. The van der Waals surface area contributed by atoms with Crippen LogP contribution in [0.15, 0.2) is 18.2 Å². The molecular weight excluding hydrogens is 260 g/mol. The molecule has 2 rings (SSSR count). The Morgan fingerprint density at radius 3 is 3.11 bits per heavy atom. The molecule has 0 bridgehead atoms. The molecule has 102 valence electrons. The van der Waals surface area contributed by atoms with E-state index in [0.717, 1.165) is 44.6 Å². The Hall–Kier alpha value is -1.24. The summed E-state index contributed by atoms with van der Waals surface area (Å²) in [7, 11) is 0. The first-order chi connectivity index (χ1) is 9.24. The Labute approximate surface area is 119 Å². The third-order valence-electron chi connectivity index (χ3n) is 3.36. The van der Waals surface area contributed by atoms with Crippen molar-refractivity contribution in [3.63, 3.8) is 0 Å². The summed E-state index contributed by atoms with van der Waals surface area (Å²) < 4.78 is 5.83. The molecule has 3 nitrogen and oxygen atoms in total. The fourth-order valence-corrected chi connectivity index (χ4v) is 2.62. The topological polar surface area (TPSA) is 36.3 Å². The van der Waals surface area contributed by atoms with E-state index < -0.39 is 0 Å². The molecule has 0 saturated carbocycles. The van der Waals surface area contributed by atoms with Gasteiger partial charge < -0.3 is 9.64 Å². The SMILES string of the molecule is CCCOC1CCCN(c2ccc(Cl)cc2C#N)C1. The number of anilines is 1. The first-order valence-corrected chi connectivity index (χ1v) is 7.18. The molecule has 1 aromatic carbocycles. The van der Waals surface area contributed by atoms with Crippen LogP contribution in [0.25, 0.3) is 0 Å². The molecule has 1 aliphatic heterocycles. The Bertz CT molecular complexity index is 470. The highest BCUT2D eigenvalue weighted by Crippen LogP contribution is 2.27. The molecule has 1 unspecified atom stereocenters. The second kappa shape index (κ2) is 6.79. The van der Waals surface area contributed by atoms with Gasteiger partial charge in [0.15, 0.2) is 0 Å². The van der Waals surface area contributed by atoms with Crippen molar-refractivity contribution in [2.75, 3.05) is 24.6 Å². The number of nitrogens with zero attached hydrogens (tertiary/aromatic N) is 2. The molecule has 4 heteroatoms. The molecule has 1 fully saturated rings. The second-order valence-corrected chi connectivity index (χ2v) is 5.29. The van der Waals surface area contributed by atoms with E-state index in [2.05, 4.69) is 17.9 Å². The largest absolute Gasteiger partial charge is 0.376 e. The van der Waals surface area contributed by atoms with Gasteiger partial charge in [-0.05, 0) is 37.5 Å². The summed E-state index contributed by atoms with van der Waals surface area (Å²) >= 11 is 5.94. The highest BCUT2D eigenvalue weighted by atomic mass is 35.5. The summed E-state index contributed by atoms with van der Waals surface area (Å²) in [5.74, 6) is 0. The lowest BCUT2D eigenvalue weighted by atomic mass is 10.1. The van der Waals surface area contributed by atoms with Crippen LogP contribution in [-0.2, 0) is 4.74 Å². The van der Waals surface area contributed by atoms with Crippen molar-refractivity contribution in [3.05, 3.63) is 28.8 Å². The minimum absolute atomic E-state index is 0.274. The fourth-order valence-electron chi connectivity index (χ4n) is 2.45. The van der Waals surface area contributed by atoms with Crippen molar-refractivity contribution in [3.8, 4) is 6.07 Å². The maximum atomic E-state index is 9.21. The summed E-state index contributed by atoms with van der Waals surface area (Å²) in [6.07, 6.45) is 3.52. The molecule has 1 saturated heterocycles. The number of ether oxygens (including phenoxy) is 1. The molecule has 1 aromatic rings. The first kappa shape index (κ1) is 14.2. The smallest absolute Gasteiger partial charge is 0.101 e. The highest BCUT2D eigenvalue weighted by Gasteiger charge is 2.22. The molecule has 0 spiro atoms. The van der Waals surface area contributed by atoms with Gasteiger partial charge in [-0.15, -0.1) is 0 Å². The van der Waals surface area contributed by atoms with E-state index in [4.69, 9.17) is 16.3 Å². The van der Waals surface area contributed by atoms with Crippen LogP contribution in [0.1, 0.15) is 31.7 Å². The van der Waals surface area contributed by atoms with E-state index in [9.17, 15) is 5.26 Å². The monoisotopic (exact) mass is 278 g/mol. The summed E-state index contributed by atoms with van der Waals surface area (Å²) in [6.45, 7) is 4.76. The zero-order valence-corrected chi connectivity index (χ0v) is 12.0. The van der Waals surface area contributed by atoms with Crippen molar-refractivity contribution < 1.29 is 4.74 Å². The lowest BCUT2D eigenvalue weighted by molar-refractivity contribution is 0.0440. The van der Waals surface area contributed by atoms with Gasteiger partial charge in [0.1, 0.15) is 6.07 Å². The molecule has 0 N–H and O–H groups in total. The zero-order valence-electron chi connectivity index (χ0n) is 11.2. The molecule has 19 heavy (non-hydrogen) atoms.